The van der Waals surface area contributed by atoms with E-state index in [1.807, 2.05) is 0 Å². The third-order valence-corrected chi connectivity index (χ3v) is 4.36. The highest BCUT2D eigenvalue weighted by atomic mass is 79.9. The molecule has 0 heterocycles. The molecule has 20 heavy (non-hydrogen) atoms. The van der Waals surface area contributed by atoms with Crippen LogP contribution < -0.4 is 5.32 Å². The summed E-state index contributed by atoms with van der Waals surface area (Å²) in [4.78, 5) is 10.4. The summed E-state index contributed by atoms with van der Waals surface area (Å²) >= 11 is 3.03. The highest BCUT2D eigenvalue weighted by Gasteiger charge is 2.33. The maximum atomic E-state index is 13.4. The van der Waals surface area contributed by atoms with E-state index in [0.717, 1.165) is 38.2 Å². The molecule has 0 bridgehead atoms. The minimum atomic E-state index is -0.677. The summed E-state index contributed by atoms with van der Waals surface area (Å²) in [6.07, 6.45) is 4.51. The van der Waals surface area contributed by atoms with Gasteiger partial charge in [0.15, 0.2) is 0 Å². The third-order valence-electron chi connectivity index (χ3n) is 3.75. The van der Waals surface area contributed by atoms with Gasteiger partial charge in [0.05, 0.1) is 27.6 Å². The molecule has 1 aromatic carbocycles. The lowest BCUT2D eigenvalue weighted by atomic mass is 9.82. The monoisotopic (exact) mass is 346 g/mol. The molecule has 1 fully saturated rings. The van der Waals surface area contributed by atoms with Crippen molar-refractivity contribution in [1.82, 2.24) is 0 Å². The lowest BCUT2D eigenvalue weighted by molar-refractivity contribution is -0.384. The van der Waals surface area contributed by atoms with Crippen LogP contribution >= 0.6 is 15.9 Å². The van der Waals surface area contributed by atoms with Crippen LogP contribution in [-0.4, -0.2) is 22.2 Å². The molecular weight excluding hydrogens is 331 g/mol. The normalized spacial score (nSPS) is 17.8. The minimum Gasteiger partial charge on any atom is -0.394 e. The number of hydrogen-bond acceptors (Lipinski definition) is 4. The van der Waals surface area contributed by atoms with Gasteiger partial charge in [0.2, 0.25) is 0 Å². The molecule has 0 amide bonds. The van der Waals surface area contributed by atoms with E-state index in [0.29, 0.717) is 0 Å². The van der Waals surface area contributed by atoms with Crippen LogP contribution in [0.5, 0.6) is 0 Å². The number of anilines is 1. The van der Waals surface area contributed by atoms with E-state index in [2.05, 4.69) is 21.2 Å². The van der Waals surface area contributed by atoms with E-state index >= 15 is 0 Å². The van der Waals surface area contributed by atoms with Gasteiger partial charge in [0.1, 0.15) is 11.5 Å². The number of nitro groups is 1. The first-order valence-corrected chi connectivity index (χ1v) is 7.29. The molecule has 1 saturated carbocycles. The summed E-state index contributed by atoms with van der Waals surface area (Å²) in [6.45, 7) is -0.0981. The van der Waals surface area contributed by atoms with Crippen LogP contribution in [0.1, 0.15) is 32.1 Å². The number of nitrogens with one attached hydrogen (secondary N) is 1. The van der Waals surface area contributed by atoms with Crippen LogP contribution in [0.3, 0.4) is 0 Å². The predicted octanol–water partition coefficient (Wildman–Crippen LogP) is 3.60. The summed E-state index contributed by atoms with van der Waals surface area (Å²) in [6, 6.07) is 2.25. The zero-order chi connectivity index (χ0) is 14.8. The van der Waals surface area contributed by atoms with Gasteiger partial charge < -0.3 is 10.4 Å². The maximum absolute atomic E-state index is 13.4. The Balaban J connectivity index is 2.36. The van der Waals surface area contributed by atoms with Crippen molar-refractivity contribution in [3.63, 3.8) is 0 Å². The van der Waals surface area contributed by atoms with Crippen LogP contribution in [0.4, 0.5) is 15.8 Å². The first kappa shape index (κ1) is 15.2. The smallest absolute Gasteiger partial charge is 0.295 e. The molecule has 2 N–H and O–H groups in total. The average molecular weight is 347 g/mol. The summed E-state index contributed by atoms with van der Waals surface area (Å²) in [5, 5.41) is 23.8. The van der Waals surface area contributed by atoms with Crippen molar-refractivity contribution in [3.8, 4) is 0 Å². The Hall–Kier alpha value is -1.21. The van der Waals surface area contributed by atoms with Crippen molar-refractivity contribution in [3.05, 3.63) is 32.5 Å². The Morgan fingerprint density at radius 1 is 1.40 bits per heavy atom. The quantitative estimate of drug-likeness (QED) is 0.645. The zero-order valence-electron chi connectivity index (χ0n) is 10.9. The fourth-order valence-electron chi connectivity index (χ4n) is 2.62. The van der Waals surface area contributed by atoms with E-state index in [9.17, 15) is 19.6 Å². The molecule has 2 rings (SSSR count). The second-order valence-electron chi connectivity index (χ2n) is 5.16. The standard InChI is InChI=1S/C13H16BrFN2O3/c14-9-6-11(12(17(19)20)7-10(9)15)16-13(8-18)4-2-1-3-5-13/h6-7,16,18H,1-5,8H2. The zero-order valence-corrected chi connectivity index (χ0v) is 12.5. The molecule has 5 nitrogen and oxygen atoms in total. The topological polar surface area (TPSA) is 75.4 Å². The van der Waals surface area contributed by atoms with Crippen LogP contribution in [0.15, 0.2) is 16.6 Å². The highest BCUT2D eigenvalue weighted by molar-refractivity contribution is 9.10. The van der Waals surface area contributed by atoms with E-state index in [-0.39, 0.29) is 22.5 Å². The van der Waals surface area contributed by atoms with E-state index in [4.69, 9.17) is 0 Å². The van der Waals surface area contributed by atoms with Crippen molar-refractivity contribution in [2.75, 3.05) is 11.9 Å². The van der Waals surface area contributed by atoms with Gasteiger partial charge in [0.25, 0.3) is 5.69 Å². The Kier molecular flexibility index (Phi) is 4.59. The fourth-order valence-corrected chi connectivity index (χ4v) is 2.97. The molecule has 1 aromatic rings. The number of rotatable bonds is 4. The Labute approximate surface area is 124 Å². The van der Waals surface area contributed by atoms with Crippen LogP contribution in [-0.2, 0) is 0 Å². The number of nitrogens with zero attached hydrogens (tertiary/aromatic N) is 1. The number of benzene rings is 1. The first-order valence-electron chi connectivity index (χ1n) is 6.50. The number of halogens is 2. The third kappa shape index (κ3) is 3.09. The van der Waals surface area contributed by atoms with Gasteiger partial charge in [-0.15, -0.1) is 0 Å². The Morgan fingerprint density at radius 3 is 2.60 bits per heavy atom. The van der Waals surface area contributed by atoms with Crippen molar-refractivity contribution in [1.29, 1.82) is 0 Å². The van der Waals surface area contributed by atoms with Gasteiger partial charge in [0, 0.05) is 0 Å². The Morgan fingerprint density at radius 2 is 2.05 bits per heavy atom. The second kappa shape index (κ2) is 6.05. The maximum Gasteiger partial charge on any atom is 0.295 e. The molecule has 0 saturated heterocycles. The van der Waals surface area contributed by atoms with Gasteiger partial charge in [-0.25, -0.2) is 4.39 Å². The molecule has 0 spiro atoms. The summed E-state index contributed by atoms with van der Waals surface area (Å²) in [7, 11) is 0. The van der Waals surface area contributed by atoms with Crippen molar-refractivity contribution in [2.24, 2.45) is 0 Å². The molecule has 0 radical (unpaired) electrons. The second-order valence-corrected chi connectivity index (χ2v) is 6.02. The number of aliphatic hydroxyl groups excluding tert-OH is 1. The highest BCUT2D eigenvalue weighted by Crippen LogP contribution is 2.37. The van der Waals surface area contributed by atoms with Gasteiger partial charge in [-0.3, -0.25) is 10.1 Å². The van der Waals surface area contributed by atoms with Gasteiger partial charge in [-0.2, -0.15) is 0 Å². The molecule has 1 aliphatic carbocycles. The predicted molar refractivity (Wildman–Crippen MR) is 77.3 cm³/mol. The number of hydrogen-bond donors (Lipinski definition) is 2. The number of aliphatic hydroxyl groups is 1. The van der Waals surface area contributed by atoms with Crippen LogP contribution in [0.2, 0.25) is 0 Å². The van der Waals surface area contributed by atoms with Crippen molar-refractivity contribution < 1.29 is 14.4 Å². The fraction of sp³-hybridized carbons (Fsp3) is 0.538. The van der Waals surface area contributed by atoms with E-state index in [1.54, 1.807) is 0 Å². The lowest BCUT2D eigenvalue weighted by Gasteiger charge is -2.37. The summed E-state index contributed by atoms with van der Waals surface area (Å²) in [5.41, 5.74) is -0.636. The lowest BCUT2D eigenvalue weighted by Crippen LogP contribution is -2.44. The Bertz CT molecular complexity index is 519. The SMILES string of the molecule is O=[N+]([O-])c1cc(F)c(Br)cc1NC1(CO)CCCCC1. The summed E-state index contributed by atoms with van der Waals surface area (Å²) < 4.78 is 13.6. The molecule has 1 aliphatic rings. The van der Waals surface area contributed by atoms with E-state index in [1.165, 1.54) is 6.07 Å². The molecule has 7 heteroatoms. The first-order chi connectivity index (χ1) is 9.47. The molecule has 0 aliphatic heterocycles. The average Bonchev–Trinajstić information content (AvgIpc) is 2.43. The van der Waals surface area contributed by atoms with Gasteiger partial charge in [-0.1, -0.05) is 19.3 Å². The minimum absolute atomic E-state index is 0.0981. The molecule has 0 atom stereocenters. The van der Waals surface area contributed by atoms with Crippen molar-refractivity contribution >= 4 is 27.3 Å². The summed E-state index contributed by atoms with van der Waals surface area (Å²) in [5.74, 6) is -0.677. The molecule has 0 unspecified atom stereocenters. The molecule has 110 valence electrons. The van der Waals surface area contributed by atoms with Crippen LogP contribution in [0.25, 0.3) is 0 Å². The van der Waals surface area contributed by atoms with Crippen LogP contribution in [0, 0.1) is 15.9 Å². The van der Waals surface area contributed by atoms with E-state index < -0.39 is 16.3 Å². The van der Waals surface area contributed by atoms with Gasteiger partial charge in [-0.05, 0) is 34.8 Å². The largest absolute Gasteiger partial charge is 0.394 e. The number of nitro benzene ring substituents is 1. The molecule has 0 aromatic heterocycles. The van der Waals surface area contributed by atoms with Gasteiger partial charge >= 0.3 is 0 Å². The molecular formula is C13H16BrFN2O3. The van der Waals surface area contributed by atoms with Crippen molar-refractivity contribution in [2.45, 2.75) is 37.6 Å².